The molecule has 0 N–H and O–H groups in total. The van der Waals surface area contributed by atoms with Crippen LogP contribution in [0.25, 0.3) is 0 Å². The Kier molecular flexibility index (Phi) is 2.96. The van der Waals surface area contributed by atoms with Gasteiger partial charge < -0.3 is 0 Å². The molecule has 0 aromatic rings. The van der Waals surface area contributed by atoms with Crippen LogP contribution in [-0.2, 0) is 4.79 Å². The summed E-state index contributed by atoms with van der Waals surface area (Å²) in [6, 6.07) is 0. The van der Waals surface area contributed by atoms with E-state index in [4.69, 9.17) is 0 Å². The molecule has 2 atom stereocenters. The zero-order valence-corrected chi connectivity index (χ0v) is 7.68. The molecule has 1 aliphatic rings. The molecular weight excluding hydrogens is 174 g/mol. The Balaban J connectivity index is 2.79. The number of rotatable bonds is 2. The van der Waals surface area contributed by atoms with E-state index in [1.807, 2.05) is 0 Å². The number of allylic oxidation sites excluding steroid dienone is 4. The van der Waals surface area contributed by atoms with Gasteiger partial charge >= 0.3 is 0 Å². The van der Waals surface area contributed by atoms with Crippen LogP contribution in [-0.4, -0.2) is 12.0 Å². The summed E-state index contributed by atoms with van der Waals surface area (Å²) >= 11 is 0. The molecule has 3 heteroatoms. The highest BCUT2D eigenvalue weighted by Crippen LogP contribution is 2.27. The fraction of sp³-hybridized carbons (Fsp3) is 0.500. The number of hydrogen-bond donors (Lipinski definition) is 0. The summed E-state index contributed by atoms with van der Waals surface area (Å²) in [7, 11) is 0. The summed E-state index contributed by atoms with van der Waals surface area (Å²) in [5.41, 5.74) is 0.668. The van der Waals surface area contributed by atoms with Crippen LogP contribution in [0.5, 0.6) is 0 Å². The summed E-state index contributed by atoms with van der Waals surface area (Å²) in [5, 5.41) is 0. The maximum atomic E-state index is 12.9. The molecule has 0 aromatic carbocycles. The van der Waals surface area contributed by atoms with E-state index in [0.29, 0.717) is 5.57 Å². The Morgan fingerprint density at radius 1 is 1.62 bits per heavy atom. The Morgan fingerprint density at radius 2 is 2.23 bits per heavy atom. The van der Waals surface area contributed by atoms with E-state index in [0.717, 1.165) is 6.08 Å². The highest BCUT2D eigenvalue weighted by molar-refractivity contribution is 5.81. The number of ketones is 1. The number of hydrogen-bond acceptors (Lipinski definition) is 1. The van der Waals surface area contributed by atoms with E-state index in [9.17, 15) is 13.6 Å². The first kappa shape index (κ1) is 10.1. The maximum Gasteiger partial charge on any atom is 0.155 e. The smallest absolute Gasteiger partial charge is 0.155 e. The highest BCUT2D eigenvalue weighted by Gasteiger charge is 2.23. The number of carbonyl (C=O) groups is 1. The van der Waals surface area contributed by atoms with Gasteiger partial charge in [-0.2, -0.15) is 0 Å². The van der Waals surface area contributed by atoms with Crippen molar-refractivity contribution in [2.75, 3.05) is 0 Å². The maximum absolute atomic E-state index is 12.9. The van der Waals surface area contributed by atoms with Gasteiger partial charge in [0, 0.05) is 12.3 Å². The van der Waals surface area contributed by atoms with Crippen LogP contribution in [0.15, 0.2) is 23.6 Å². The molecule has 2 unspecified atom stereocenters. The number of alkyl halides is 1. The fourth-order valence-corrected chi connectivity index (χ4v) is 1.25. The van der Waals surface area contributed by atoms with Crippen molar-refractivity contribution >= 4 is 5.78 Å². The van der Waals surface area contributed by atoms with Crippen molar-refractivity contribution in [2.24, 2.45) is 5.92 Å². The third-order valence-electron chi connectivity index (χ3n) is 2.34. The van der Waals surface area contributed by atoms with Crippen LogP contribution in [0.2, 0.25) is 0 Å². The van der Waals surface area contributed by atoms with Gasteiger partial charge in [0.15, 0.2) is 6.17 Å². The second kappa shape index (κ2) is 3.81. The number of Topliss-reactive ketones (excluding diaryl/α,β-unsaturated/α-hetero) is 1. The third-order valence-corrected chi connectivity index (χ3v) is 2.34. The molecule has 0 aromatic heterocycles. The molecule has 0 fully saturated rings. The highest BCUT2D eigenvalue weighted by atomic mass is 19.2. The molecule has 0 aliphatic heterocycles. The van der Waals surface area contributed by atoms with Gasteiger partial charge in [-0.25, -0.2) is 8.78 Å². The molecule has 0 bridgehead atoms. The molecule has 1 nitrogen and oxygen atoms in total. The van der Waals surface area contributed by atoms with Gasteiger partial charge in [0.25, 0.3) is 0 Å². The minimum Gasteiger partial charge on any atom is -0.299 e. The zero-order valence-electron chi connectivity index (χ0n) is 7.68. The standard InChI is InChI=1S/C10H12F2O/c1-6(7(2)13)8-3-4-9(11)10(12)5-8/h3-4,6,10H,5H2,1-2H3. The Labute approximate surface area is 76.1 Å². The predicted octanol–water partition coefficient (Wildman–Crippen LogP) is 2.73. The summed E-state index contributed by atoms with van der Waals surface area (Å²) in [6.45, 7) is 3.16. The van der Waals surface area contributed by atoms with Crippen molar-refractivity contribution in [1.29, 1.82) is 0 Å². The molecule has 1 aliphatic carbocycles. The van der Waals surface area contributed by atoms with Crippen LogP contribution in [0, 0.1) is 5.92 Å². The first-order chi connectivity index (χ1) is 6.02. The normalized spacial score (nSPS) is 24.8. The quantitative estimate of drug-likeness (QED) is 0.648. The fourth-order valence-electron chi connectivity index (χ4n) is 1.25. The van der Waals surface area contributed by atoms with Gasteiger partial charge in [0.05, 0.1) is 0 Å². The lowest BCUT2D eigenvalue weighted by Crippen LogP contribution is -2.16. The monoisotopic (exact) mass is 186 g/mol. The van der Waals surface area contributed by atoms with Gasteiger partial charge in [-0.3, -0.25) is 4.79 Å². The van der Waals surface area contributed by atoms with Crippen molar-refractivity contribution in [2.45, 2.75) is 26.4 Å². The molecule has 1 rings (SSSR count). The lowest BCUT2D eigenvalue weighted by atomic mass is 9.90. The first-order valence-electron chi connectivity index (χ1n) is 4.23. The topological polar surface area (TPSA) is 17.1 Å². The Hall–Kier alpha value is -0.990. The van der Waals surface area contributed by atoms with Crippen molar-refractivity contribution < 1.29 is 13.6 Å². The predicted molar refractivity (Wildman–Crippen MR) is 46.6 cm³/mol. The van der Waals surface area contributed by atoms with E-state index in [-0.39, 0.29) is 18.1 Å². The summed E-state index contributed by atoms with van der Waals surface area (Å²) in [4.78, 5) is 11.0. The zero-order chi connectivity index (χ0) is 10.0. The summed E-state index contributed by atoms with van der Waals surface area (Å²) in [6.07, 6.45) is 1.03. The molecule has 0 spiro atoms. The molecule has 72 valence electrons. The number of carbonyl (C=O) groups excluding carboxylic acids is 1. The van der Waals surface area contributed by atoms with Crippen molar-refractivity contribution in [3.63, 3.8) is 0 Å². The van der Waals surface area contributed by atoms with E-state index >= 15 is 0 Å². The lowest BCUT2D eigenvalue weighted by Gasteiger charge is -2.17. The van der Waals surface area contributed by atoms with Gasteiger partial charge in [-0.15, -0.1) is 0 Å². The van der Waals surface area contributed by atoms with Crippen LogP contribution in [0.1, 0.15) is 20.3 Å². The summed E-state index contributed by atoms with van der Waals surface area (Å²) in [5.74, 6) is -1.07. The van der Waals surface area contributed by atoms with Gasteiger partial charge in [-0.05, 0) is 13.0 Å². The lowest BCUT2D eigenvalue weighted by molar-refractivity contribution is -0.119. The second-order valence-electron chi connectivity index (χ2n) is 3.30. The molecule has 0 amide bonds. The van der Waals surface area contributed by atoms with Gasteiger partial charge in [0.1, 0.15) is 11.6 Å². The number of halogens is 2. The van der Waals surface area contributed by atoms with E-state index < -0.39 is 12.0 Å². The largest absolute Gasteiger partial charge is 0.299 e. The molecule has 0 saturated heterocycles. The average Bonchev–Trinajstić information content (AvgIpc) is 2.08. The van der Waals surface area contributed by atoms with E-state index in [2.05, 4.69) is 0 Å². The molecule has 0 radical (unpaired) electrons. The third kappa shape index (κ3) is 2.23. The SMILES string of the molecule is CC(=O)C(C)C1=CC=C(F)C(F)C1. The van der Waals surface area contributed by atoms with Crippen molar-refractivity contribution in [1.82, 2.24) is 0 Å². The molecular formula is C10H12F2O. The van der Waals surface area contributed by atoms with E-state index in [1.54, 1.807) is 6.92 Å². The second-order valence-corrected chi connectivity index (χ2v) is 3.30. The first-order valence-corrected chi connectivity index (χ1v) is 4.23. The van der Waals surface area contributed by atoms with Crippen LogP contribution in [0.4, 0.5) is 8.78 Å². The van der Waals surface area contributed by atoms with E-state index in [1.165, 1.54) is 13.0 Å². The summed E-state index contributed by atoms with van der Waals surface area (Å²) < 4.78 is 25.4. The molecule has 0 saturated carbocycles. The Bertz CT molecular complexity index is 279. The average molecular weight is 186 g/mol. The molecule has 0 heterocycles. The molecule has 13 heavy (non-hydrogen) atoms. The minimum atomic E-state index is -1.57. The van der Waals surface area contributed by atoms with Gasteiger partial charge in [0.2, 0.25) is 0 Å². The minimum absolute atomic E-state index is 0.00306. The van der Waals surface area contributed by atoms with Crippen molar-refractivity contribution in [3.05, 3.63) is 23.6 Å². The van der Waals surface area contributed by atoms with Crippen LogP contribution in [0.3, 0.4) is 0 Å². The van der Waals surface area contributed by atoms with Gasteiger partial charge in [-0.1, -0.05) is 18.6 Å². The van der Waals surface area contributed by atoms with Crippen molar-refractivity contribution in [3.8, 4) is 0 Å². The van der Waals surface area contributed by atoms with Crippen LogP contribution >= 0.6 is 0 Å². The Morgan fingerprint density at radius 3 is 2.69 bits per heavy atom. The van der Waals surface area contributed by atoms with Crippen LogP contribution < -0.4 is 0 Å².